The van der Waals surface area contributed by atoms with Gasteiger partial charge in [0, 0.05) is 11.4 Å². The van der Waals surface area contributed by atoms with Gasteiger partial charge in [-0.25, -0.2) is 9.97 Å². The fourth-order valence-electron chi connectivity index (χ4n) is 1.38. The Kier molecular flexibility index (Phi) is 3.17. The second-order valence-electron chi connectivity index (χ2n) is 3.31. The molecule has 1 aromatic heterocycles. The molecular formula is C10H14N2O2. The Labute approximate surface area is 83.0 Å². The first kappa shape index (κ1) is 10.6. The number of aromatic nitrogens is 2. The quantitative estimate of drug-likeness (QED) is 0.795. The topological polar surface area (TPSA) is 63.1 Å². The lowest BCUT2D eigenvalue weighted by atomic mass is 10.1. The highest BCUT2D eigenvalue weighted by Crippen LogP contribution is 2.16. The summed E-state index contributed by atoms with van der Waals surface area (Å²) in [5.74, 6) is -1.04. The van der Waals surface area contributed by atoms with Crippen LogP contribution in [0.2, 0.25) is 0 Å². The fourth-order valence-corrected chi connectivity index (χ4v) is 1.38. The molecule has 1 atom stereocenters. The van der Waals surface area contributed by atoms with Crippen molar-refractivity contribution in [3.8, 4) is 0 Å². The summed E-state index contributed by atoms with van der Waals surface area (Å²) in [5.41, 5.74) is 1.62. The zero-order chi connectivity index (χ0) is 10.7. The van der Waals surface area contributed by atoms with Crippen molar-refractivity contribution < 1.29 is 9.90 Å². The van der Waals surface area contributed by atoms with E-state index in [0.717, 1.165) is 11.4 Å². The van der Waals surface area contributed by atoms with Crippen LogP contribution in [-0.4, -0.2) is 21.0 Å². The molecule has 1 N–H and O–H groups in total. The molecule has 0 spiro atoms. The van der Waals surface area contributed by atoms with Crippen LogP contribution in [0, 0.1) is 13.8 Å². The van der Waals surface area contributed by atoms with Crippen molar-refractivity contribution >= 4 is 5.97 Å². The van der Waals surface area contributed by atoms with Crippen molar-refractivity contribution in [1.82, 2.24) is 9.97 Å². The van der Waals surface area contributed by atoms with E-state index < -0.39 is 11.9 Å². The number of carbonyl (C=O) groups is 1. The molecule has 1 unspecified atom stereocenters. The molecule has 1 aromatic rings. The summed E-state index contributed by atoms with van der Waals surface area (Å²) in [7, 11) is 0. The number of carboxylic acids is 1. The minimum absolute atomic E-state index is 0.414. The van der Waals surface area contributed by atoms with E-state index >= 15 is 0 Å². The molecular weight excluding hydrogens is 180 g/mol. The minimum atomic E-state index is -0.863. The van der Waals surface area contributed by atoms with Gasteiger partial charge >= 0.3 is 5.97 Å². The second-order valence-corrected chi connectivity index (χ2v) is 3.31. The number of aliphatic carboxylic acids is 1. The van der Waals surface area contributed by atoms with E-state index in [9.17, 15) is 4.79 Å². The molecule has 0 aliphatic rings. The standard InChI is InChI=1S/C10H14N2O2/c1-4-8(10(13)14)9-11-6(2)5-7(3)12-9/h5,8H,4H2,1-3H3,(H,13,14). The number of carboxylic acid groups (broad SMARTS) is 1. The van der Waals surface area contributed by atoms with Gasteiger partial charge in [-0.2, -0.15) is 0 Å². The molecule has 0 fully saturated rings. The lowest BCUT2D eigenvalue weighted by Gasteiger charge is -2.09. The number of hydrogen-bond donors (Lipinski definition) is 1. The maximum Gasteiger partial charge on any atom is 0.314 e. The molecule has 0 saturated heterocycles. The van der Waals surface area contributed by atoms with Crippen LogP contribution in [-0.2, 0) is 4.79 Å². The van der Waals surface area contributed by atoms with E-state index in [-0.39, 0.29) is 0 Å². The van der Waals surface area contributed by atoms with Gasteiger partial charge in [0.2, 0.25) is 0 Å². The third kappa shape index (κ3) is 2.28. The summed E-state index contributed by atoms with van der Waals surface area (Å²) in [6.45, 7) is 5.50. The van der Waals surface area contributed by atoms with Crippen LogP contribution >= 0.6 is 0 Å². The van der Waals surface area contributed by atoms with Crippen molar-refractivity contribution in [2.24, 2.45) is 0 Å². The second kappa shape index (κ2) is 4.17. The lowest BCUT2D eigenvalue weighted by molar-refractivity contribution is -0.139. The average molecular weight is 194 g/mol. The van der Waals surface area contributed by atoms with E-state index in [4.69, 9.17) is 5.11 Å². The Morgan fingerprint density at radius 2 is 1.93 bits per heavy atom. The Morgan fingerprint density at radius 1 is 1.43 bits per heavy atom. The Balaban J connectivity index is 3.10. The van der Waals surface area contributed by atoms with E-state index in [1.54, 1.807) is 0 Å². The van der Waals surface area contributed by atoms with Crippen LogP contribution in [0.5, 0.6) is 0 Å². The van der Waals surface area contributed by atoms with E-state index in [1.807, 2.05) is 26.8 Å². The highest BCUT2D eigenvalue weighted by atomic mass is 16.4. The van der Waals surface area contributed by atoms with Crippen LogP contribution < -0.4 is 0 Å². The van der Waals surface area contributed by atoms with E-state index in [0.29, 0.717) is 12.2 Å². The first-order chi connectivity index (χ1) is 6.54. The molecule has 0 aliphatic carbocycles. The monoisotopic (exact) mass is 194 g/mol. The van der Waals surface area contributed by atoms with Gasteiger partial charge in [0.15, 0.2) is 0 Å². The molecule has 1 heterocycles. The number of nitrogens with zero attached hydrogens (tertiary/aromatic N) is 2. The molecule has 0 amide bonds. The molecule has 0 aliphatic heterocycles. The van der Waals surface area contributed by atoms with Crippen LogP contribution in [0.1, 0.15) is 36.5 Å². The normalized spacial score (nSPS) is 12.5. The van der Waals surface area contributed by atoms with Crippen molar-refractivity contribution in [1.29, 1.82) is 0 Å². The van der Waals surface area contributed by atoms with Gasteiger partial charge in [0.1, 0.15) is 11.7 Å². The third-order valence-corrected chi connectivity index (χ3v) is 2.02. The summed E-state index contributed by atoms with van der Waals surface area (Å²) >= 11 is 0. The Morgan fingerprint density at radius 3 is 2.29 bits per heavy atom. The predicted molar refractivity (Wildman–Crippen MR) is 52.2 cm³/mol. The lowest BCUT2D eigenvalue weighted by Crippen LogP contribution is -2.15. The zero-order valence-corrected chi connectivity index (χ0v) is 8.61. The molecule has 4 heteroatoms. The van der Waals surface area contributed by atoms with Crippen LogP contribution in [0.15, 0.2) is 6.07 Å². The van der Waals surface area contributed by atoms with Crippen molar-refractivity contribution in [2.75, 3.05) is 0 Å². The highest BCUT2D eigenvalue weighted by molar-refractivity contribution is 5.74. The smallest absolute Gasteiger partial charge is 0.314 e. The Hall–Kier alpha value is -1.45. The number of rotatable bonds is 3. The minimum Gasteiger partial charge on any atom is -0.481 e. The molecule has 1 rings (SSSR count). The molecule has 0 radical (unpaired) electrons. The molecule has 14 heavy (non-hydrogen) atoms. The SMILES string of the molecule is CCC(C(=O)O)c1nc(C)cc(C)n1. The molecule has 4 nitrogen and oxygen atoms in total. The Bertz CT molecular complexity index is 330. The molecule has 0 saturated carbocycles. The van der Waals surface area contributed by atoms with Gasteiger partial charge in [-0.05, 0) is 26.3 Å². The average Bonchev–Trinajstić information content (AvgIpc) is 2.02. The summed E-state index contributed by atoms with van der Waals surface area (Å²) in [6, 6.07) is 1.83. The highest BCUT2D eigenvalue weighted by Gasteiger charge is 2.20. The molecule has 76 valence electrons. The van der Waals surface area contributed by atoms with Crippen LogP contribution in [0.25, 0.3) is 0 Å². The summed E-state index contributed by atoms with van der Waals surface area (Å²) < 4.78 is 0. The van der Waals surface area contributed by atoms with Crippen LogP contribution in [0.3, 0.4) is 0 Å². The first-order valence-electron chi connectivity index (χ1n) is 4.59. The molecule has 0 bridgehead atoms. The van der Waals surface area contributed by atoms with Gasteiger partial charge in [-0.15, -0.1) is 0 Å². The largest absolute Gasteiger partial charge is 0.481 e. The summed E-state index contributed by atoms with van der Waals surface area (Å²) in [5, 5.41) is 8.93. The zero-order valence-electron chi connectivity index (χ0n) is 8.61. The third-order valence-electron chi connectivity index (χ3n) is 2.02. The fraction of sp³-hybridized carbons (Fsp3) is 0.500. The van der Waals surface area contributed by atoms with Crippen molar-refractivity contribution in [3.63, 3.8) is 0 Å². The summed E-state index contributed by atoms with van der Waals surface area (Å²) in [4.78, 5) is 19.1. The van der Waals surface area contributed by atoms with Crippen molar-refractivity contribution in [3.05, 3.63) is 23.3 Å². The first-order valence-corrected chi connectivity index (χ1v) is 4.59. The van der Waals surface area contributed by atoms with Gasteiger partial charge in [0.05, 0.1) is 0 Å². The number of hydrogen-bond acceptors (Lipinski definition) is 3. The van der Waals surface area contributed by atoms with Gasteiger partial charge in [-0.1, -0.05) is 6.92 Å². The summed E-state index contributed by atoms with van der Waals surface area (Å²) in [6.07, 6.45) is 0.512. The van der Waals surface area contributed by atoms with Gasteiger partial charge in [0.25, 0.3) is 0 Å². The number of aryl methyl sites for hydroxylation is 2. The maximum atomic E-state index is 10.9. The molecule has 0 aromatic carbocycles. The van der Waals surface area contributed by atoms with E-state index in [2.05, 4.69) is 9.97 Å². The maximum absolute atomic E-state index is 10.9. The van der Waals surface area contributed by atoms with Crippen molar-refractivity contribution in [2.45, 2.75) is 33.1 Å². The van der Waals surface area contributed by atoms with Gasteiger partial charge in [-0.3, -0.25) is 4.79 Å². The van der Waals surface area contributed by atoms with E-state index in [1.165, 1.54) is 0 Å². The van der Waals surface area contributed by atoms with Crippen LogP contribution in [0.4, 0.5) is 0 Å². The predicted octanol–water partition coefficient (Wildman–Crippen LogP) is 1.67. The van der Waals surface area contributed by atoms with Gasteiger partial charge < -0.3 is 5.11 Å².